The first kappa shape index (κ1) is 14.3. The average molecular weight is 255 g/mol. The molecule has 2 aliphatic heterocycles. The number of likely N-dealkylation sites (tertiary alicyclic amines) is 1. The Hall–Kier alpha value is -0.160. The molecule has 0 spiro atoms. The van der Waals surface area contributed by atoms with Crippen LogP contribution in [0.2, 0.25) is 0 Å². The summed E-state index contributed by atoms with van der Waals surface area (Å²) < 4.78 is 5.60. The van der Waals surface area contributed by atoms with Gasteiger partial charge in [0.15, 0.2) is 0 Å². The number of nitrogens with one attached hydrogen (secondary N) is 1. The number of ether oxygens (including phenoxy) is 1. The summed E-state index contributed by atoms with van der Waals surface area (Å²) in [6.45, 7) is 8.00. The summed E-state index contributed by atoms with van der Waals surface area (Å²) >= 11 is 0. The Morgan fingerprint density at radius 1 is 1.39 bits per heavy atom. The van der Waals surface area contributed by atoms with Gasteiger partial charge in [-0.2, -0.15) is 0 Å². The van der Waals surface area contributed by atoms with E-state index >= 15 is 0 Å². The van der Waals surface area contributed by atoms with Crippen LogP contribution in [0.4, 0.5) is 0 Å². The predicted molar refractivity (Wildman–Crippen MR) is 74.9 cm³/mol. The molecule has 0 bridgehead atoms. The molecule has 0 aromatic heterocycles. The van der Waals surface area contributed by atoms with Crippen LogP contribution in [0.15, 0.2) is 0 Å². The molecule has 0 aromatic carbocycles. The second kappa shape index (κ2) is 7.43. The third-order valence-electron chi connectivity index (χ3n) is 4.13. The molecule has 4 heteroatoms. The van der Waals surface area contributed by atoms with Gasteiger partial charge in [-0.05, 0) is 45.8 Å². The third-order valence-corrected chi connectivity index (χ3v) is 4.13. The molecular formula is C14H29N3O. The Balaban J connectivity index is 1.48. The molecule has 0 saturated carbocycles. The van der Waals surface area contributed by atoms with Gasteiger partial charge in [-0.25, -0.2) is 0 Å². The van der Waals surface area contributed by atoms with Crippen molar-refractivity contribution in [2.24, 2.45) is 5.92 Å². The Morgan fingerprint density at radius 2 is 2.28 bits per heavy atom. The van der Waals surface area contributed by atoms with Gasteiger partial charge >= 0.3 is 0 Å². The molecule has 4 nitrogen and oxygen atoms in total. The van der Waals surface area contributed by atoms with E-state index in [1.54, 1.807) is 0 Å². The van der Waals surface area contributed by atoms with Crippen LogP contribution < -0.4 is 5.32 Å². The quantitative estimate of drug-likeness (QED) is 0.676. The van der Waals surface area contributed by atoms with Crippen molar-refractivity contribution in [1.82, 2.24) is 15.1 Å². The fourth-order valence-electron chi connectivity index (χ4n) is 3.05. The van der Waals surface area contributed by atoms with Crippen molar-refractivity contribution < 1.29 is 4.74 Å². The molecule has 2 atom stereocenters. The summed E-state index contributed by atoms with van der Waals surface area (Å²) in [6, 6.07) is 0. The van der Waals surface area contributed by atoms with E-state index in [0.29, 0.717) is 6.10 Å². The van der Waals surface area contributed by atoms with E-state index in [4.69, 9.17) is 4.74 Å². The monoisotopic (exact) mass is 255 g/mol. The minimum Gasteiger partial charge on any atom is -0.377 e. The summed E-state index contributed by atoms with van der Waals surface area (Å²) in [5, 5.41) is 3.51. The highest BCUT2D eigenvalue weighted by Crippen LogP contribution is 2.14. The summed E-state index contributed by atoms with van der Waals surface area (Å²) in [5.41, 5.74) is 0. The maximum absolute atomic E-state index is 5.60. The van der Waals surface area contributed by atoms with E-state index in [-0.39, 0.29) is 0 Å². The van der Waals surface area contributed by atoms with Gasteiger partial charge in [0, 0.05) is 39.3 Å². The summed E-state index contributed by atoms with van der Waals surface area (Å²) in [4.78, 5) is 4.90. The largest absolute Gasteiger partial charge is 0.377 e. The number of hydrogen-bond acceptors (Lipinski definition) is 4. The zero-order valence-electron chi connectivity index (χ0n) is 12.0. The van der Waals surface area contributed by atoms with E-state index in [2.05, 4.69) is 29.2 Å². The molecule has 0 radical (unpaired) electrons. The normalized spacial score (nSPS) is 29.5. The molecular weight excluding hydrogens is 226 g/mol. The first-order chi connectivity index (χ1) is 8.74. The lowest BCUT2D eigenvalue weighted by molar-refractivity contribution is 0.109. The average Bonchev–Trinajstić information content (AvgIpc) is 2.96. The molecule has 2 fully saturated rings. The zero-order chi connectivity index (χ0) is 12.8. The van der Waals surface area contributed by atoms with Crippen molar-refractivity contribution >= 4 is 0 Å². The van der Waals surface area contributed by atoms with E-state index in [1.165, 1.54) is 38.9 Å². The molecule has 1 N–H and O–H groups in total. The predicted octanol–water partition coefficient (Wildman–Crippen LogP) is 0.639. The van der Waals surface area contributed by atoms with Gasteiger partial charge in [-0.15, -0.1) is 0 Å². The zero-order valence-corrected chi connectivity index (χ0v) is 12.0. The van der Waals surface area contributed by atoms with Crippen molar-refractivity contribution in [2.45, 2.75) is 25.4 Å². The third kappa shape index (κ3) is 4.84. The Morgan fingerprint density at radius 3 is 2.94 bits per heavy atom. The van der Waals surface area contributed by atoms with Crippen molar-refractivity contribution in [2.75, 3.05) is 60.0 Å². The van der Waals surface area contributed by atoms with Gasteiger partial charge in [0.25, 0.3) is 0 Å². The number of hydrogen-bond donors (Lipinski definition) is 1. The number of nitrogens with zero attached hydrogens (tertiary/aromatic N) is 2. The fourth-order valence-corrected chi connectivity index (χ4v) is 3.05. The van der Waals surface area contributed by atoms with Gasteiger partial charge in [0.2, 0.25) is 0 Å². The first-order valence-corrected chi connectivity index (χ1v) is 7.43. The van der Waals surface area contributed by atoms with Gasteiger partial charge < -0.3 is 19.9 Å². The summed E-state index contributed by atoms with van der Waals surface area (Å²) in [7, 11) is 4.47. The second-order valence-electron chi connectivity index (χ2n) is 6.02. The maximum Gasteiger partial charge on any atom is 0.0700 e. The van der Waals surface area contributed by atoms with Gasteiger partial charge in [0.05, 0.1) is 6.10 Å². The minimum atomic E-state index is 0.471. The molecule has 2 saturated heterocycles. The van der Waals surface area contributed by atoms with Crippen LogP contribution in [0.1, 0.15) is 19.3 Å². The molecule has 0 aliphatic carbocycles. The van der Waals surface area contributed by atoms with Crippen LogP contribution >= 0.6 is 0 Å². The molecule has 2 rings (SSSR count). The van der Waals surface area contributed by atoms with Crippen LogP contribution in [0.25, 0.3) is 0 Å². The summed E-state index contributed by atoms with van der Waals surface area (Å²) in [6.07, 6.45) is 4.31. The number of likely N-dealkylation sites (N-methyl/N-ethyl adjacent to an activating group) is 1. The number of rotatable bonds is 7. The highest BCUT2D eigenvalue weighted by Gasteiger charge is 2.20. The van der Waals surface area contributed by atoms with Crippen LogP contribution in [0.3, 0.4) is 0 Å². The van der Waals surface area contributed by atoms with Crippen LogP contribution in [0.5, 0.6) is 0 Å². The molecule has 2 heterocycles. The smallest absolute Gasteiger partial charge is 0.0700 e. The van der Waals surface area contributed by atoms with Crippen LogP contribution in [-0.4, -0.2) is 75.9 Å². The van der Waals surface area contributed by atoms with Crippen molar-refractivity contribution in [3.63, 3.8) is 0 Å². The highest BCUT2D eigenvalue weighted by atomic mass is 16.5. The van der Waals surface area contributed by atoms with Crippen molar-refractivity contribution in [3.8, 4) is 0 Å². The molecule has 18 heavy (non-hydrogen) atoms. The first-order valence-electron chi connectivity index (χ1n) is 7.43. The molecule has 0 aromatic rings. The lowest BCUT2D eigenvalue weighted by Gasteiger charge is -2.21. The SMILES string of the molecule is CN(CCNCC1CCCO1)CC1CCN(C)C1. The van der Waals surface area contributed by atoms with Gasteiger partial charge in [-0.3, -0.25) is 0 Å². The summed E-state index contributed by atoms with van der Waals surface area (Å²) in [5.74, 6) is 0.873. The lowest BCUT2D eigenvalue weighted by Crippen LogP contribution is -2.36. The van der Waals surface area contributed by atoms with E-state index in [9.17, 15) is 0 Å². The maximum atomic E-state index is 5.60. The molecule has 106 valence electrons. The topological polar surface area (TPSA) is 27.7 Å². The fraction of sp³-hybridized carbons (Fsp3) is 1.00. The van der Waals surface area contributed by atoms with E-state index < -0.39 is 0 Å². The lowest BCUT2D eigenvalue weighted by atomic mass is 10.1. The van der Waals surface area contributed by atoms with E-state index in [1.807, 2.05) is 0 Å². The van der Waals surface area contributed by atoms with Crippen LogP contribution in [0, 0.1) is 5.92 Å². The molecule has 0 amide bonds. The minimum absolute atomic E-state index is 0.471. The molecule has 2 unspecified atom stereocenters. The Labute approximate surface area is 112 Å². The highest BCUT2D eigenvalue weighted by molar-refractivity contribution is 4.75. The van der Waals surface area contributed by atoms with Gasteiger partial charge in [0.1, 0.15) is 0 Å². The Bertz CT molecular complexity index is 231. The Kier molecular flexibility index (Phi) is 5.89. The van der Waals surface area contributed by atoms with Crippen LogP contribution in [-0.2, 0) is 4.74 Å². The second-order valence-corrected chi connectivity index (χ2v) is 6.02. The standard InChI is InChI=1S/C14H29N3O/c1-16-7-5-13(11-16)12-17(2)8-6-15-10-14-4-3-9-18-14/h13-15H,3-12H2,1-2H3. The van der Waals surface area contributed by atoms with E-state index in [0.717, 1.165) is 32.2 Å². The van der Waals surface area contributed by atoms with Crippen molar-refractivity contribution in [1.29, 1.82) is 0 Å². The van der Waals surface area contributed by atoms with Gasteiger partial charge in [-0.1, -0.05) is 0 Å². The molecule has 2 aliphatic rings. The van der Waals surface area contributed by atoms with Crippen molar-refractivity contribution in [3.05, 3.63) is 0 Å².